The molecule has 1 aromatic carbocycles. The lowest BCUT2D eigenvalue weighted by atomic mass is 9.78. The summed E-state index contributed by atoms with van der Waals surface area (Å²) in [6, 6.07) is 14.4. The zero-order valence-electron chi connectivity index (χ0n) is 13.7. The van der Waals surface area contributed by atoms with Crippen LogP contribution in [0.1, 0.15) is 36.7 Å². The Kier molecular flexibility index (Phi) is 4.63. The molecule has 5 heteroatoms. The number of hydrogen-bond acceptors (Lipinski definition) is 2. The van der Waals surface area contributed by atoms with E-state index in [1.807, 2.05) is 25.1 Å². The van der Waals surface area contributed by atoms with Crippen LogP contribution in [0.2, 0.25) is 0 Å². The predicted octanol–water partition coefficient (Wildman–Crippen LogP) is 4.65. The van der Waals surface area contributed by atoms with Gasteiger partial charge in [0.25, 0.3) is 0 Å². The first-order valence-corrected chi connectivity index (χ1v) is 8.18. The number of benzene rings is 1. The fourth-order valence-corrected chi connectivity index (χ4v) is 3.46. The van der Waals surface area contributed by atoms with Gasteiger partial charge in [-0.25, -0.2) is 4.98 Å². The normalized spacial score (nSPS) is 22.5. The number of rotatable bonds is 3. The van der Waals surface area contributed by atoms with Gasteiger partial charge < -0.3 is 0 Å². The summed E-state index contributed by atoms with van der Waals surface area (Å²) in [5, 5.41) is 0. The van der Waals surface area contributed by atoms with Gasteiger partial charge in [0.1, 0.15) is 5.69 Å². The molecule has 2 heterocycles. The second-order valence-corrected chi connectivity index (χ2v) is 6.77. The molecule has 0 unspecified atom stereocenters. The van der Waals surface area contributed by atoms with E-state index in [0.717, 1.165) is 38.5 Å². The van der Waals surface area contributed by atoms with Crippen molar-refractivity contribution in [2.45, 2.75) is 37.9 Å². The van der Waals surface area contributed by atoms with Crippen LogP contribution >= 0.6 is 0 Å². The van der Waals surface area contributed by atoms with E-state index in [-0.39, 0.29) is 5.41 Å². The third-order valence-corrected chi connectivity index (χ3v) is 4.68. The van der Waals surface area contributed by atoms with E-state index < -0.39 is 11.9 Å². The van der Waals surface area contributed by atoms with Crippen LogP contribution in [0.15, 0.2) is 48.5 Å². The summed E-state index contributed by atoms with van der Waals surface area (Å²) in [7, 11) is 0. The molecule has 1 aromatic heterocycles. The van der Waals surface area contributed by atoms with Gasteiger partial charge in [0.2, 0.25) is 0 Å². The van der Waals surface area contributed by atoms with Gasteiger partial charge in [-0.3, -0.25) is 4.90 Å². The van der Waals surface area contributed by atoms with Gasteiger partial charge in [0.15, 0.2) is 0 Å². The van der Waals surface area contributed by atoms with E-state index in [1.165, 1.54) is 11.6 Å². The SMILES string of the molecule is C[C@@]1(c2cccc(C(F)(F)F)n2)CCCN(Cc2ccccc2)C1. The summed E-state index contributed by atoms with van der Waals surface area (Å²) in [4.78, 5) is 6.24. The largest absolute Gasteiger partial charge is 0.433 e. The molecule has 128 valence electrons. The minimum Gasteiger partial charge on any atom is -0.298 e. The number of piperidine rings is 1. The van der Waals surface area contributed by atoms with Crippen LogP contribution < -0.4 is 0 Å². The standard InChI is InChI=1S/C19H21F3N2/c1-18(16-9-5-10-17(23-16)19(20,21)22)11-6-12-24(14-18)13-15-7-3-2-4-8-15/h2-5,7-10H,6,11-14H2,1H3/t18-/m1/s1. The van der Waals surface area contributed by atoms with E-state index in [1.54, 1.807) is 6.07 Å². The Morgan fingerprint density at radius 3 is 2.54 bits per heavy atom. The first-order valence-electron chi connectivity index (χ1n) is 8.18. The molecule has 0 radical (unpaired) electrons. The highest BCUT2D eigenvalue weighted by molar-refractivity contribution is 5.22. The molecule has 0 bridgehead atoms. The molecular formula is C19H21F3N2. The van der Waals surface area contributed by atoms with Gasteiger partial charge >= 0.3 is 6.18 Å². The molecule has 2 aromatic rings. The van der Waals surface area contributed by atoms with Crippen LogP contribution in [-0.2, 0) is 18.1 Å². The van der Waals surface area contributed by atoms with Crippen molar-refractivity contribution in [3.63, 3.8) is 0 Å². The Labute approximate surface area is 140 Å². The molecule has 1 aliphatic rings. The molecule has 1 saturated heterocycles. The number of alkyl halides is 3. The highest BCUT2D eigenvalue weighted by atomic mass is 19.4. The molecule has 0 amide bonds. The minimum atomic E-state index is -4.40. The topological polar surface area (TPSA) is 16.1 Å². The third-order valence-electron chi connectivity index (χ3n) is 4.68. The van der Waals surface area contributed by atoms with Crippen molar-refractivity contribution in [3.8, 4) is 0 Å². The number of hydrogen-bond donors (Lipinski definition) is 0. The lowest BCUT2D eigenvalue weighted by molar-refractivity contribution is -0.141. The molecule has 0 aliphatic carbocycles. The summed E-state index contributed by atoms with van der Waals surface area (Å²) in [5.74, 6) is 0. The maximum Gasteiger partial charge on any atom is 0.433 e. The number of likely N-dealkylation sites (tertiary alicyclic amines) is 1. The summed E-state index contributed by atoms with van der Waals surface area (Å²) in [6.45, 7) is 4.52. The van der Waals surface area contributed by atoms with Crippen molar-refractivity contribution in [2.75, 3.05) is 13.1 Å². The van der Waals surface area contributed by atoms with Crippen LogP contribution in [-0.4, -0.2) is 23.0 Å². The van der Waals surface area contributed by atoms with Gasteiger partial charge in [0, 0.05) is 24.2 Å². The second-order valence-electron chi connectivity index (χ2n) is 6.77. The van der Waals surface area contributed by atoms with E-state index in [9.17, 15) is 13.2 Å². The Balaban J connectivity index is 1.79. The van der Waals surface area contributed by atoms with Crippen molar-refractivity contribution in [1.82, 2.24) is 9.88 Å². The molecular weight excluding hydrogens is 313 g/mol. The molecule has 0 N–H and O–H groups in total. The fraction of sp³-hybridized carbons (Fsp3) is 0.421. The van der Waals surface area contributed by atoms with Gasteiger partial charge in [-0.15, -0.1) is 0 Å². The molecule has 1 fully saturated rings. The lowest BCUT2D eigenvalue weighted by Crippen LogP contribution is -2.44. The monoisotopic (exact) mass is 334 g/mol. The average molecular weight is 334 g/mol. The smallest absolute Gasteiger partial charge is 0.298 e. The fourth-order valence-electron chi connectivity index (χ4n) is 3.46. The highest BCUT2D eigenvalue weighted by Crippen LogP contribution is 2.35. The van der Waals surface area contributed by atoms with Gasteiger partial charge in [-0.1, -0.05) is 43.3 Å². The van der Waals surface area contributed by atoms with Crippen molar-refractivity contribution < 1.29 is 13.2 Å². The van der Waals surface area contributed by atoms with Crippen LogP contribution in [0, 0.1) is 0 Å². The Morgan fingerprint density at radius 1 is 1.08 bits per heavy atom. The van der Waals surface area contributed by atoms with E-state index in [0.29, 0.717) is 5.69 Å². The molecule has 1 aliphatic heterocycles. The second kappa shape index (κ2) is 6.55. The van der Waals surface area contributed by atoms with Gasteiger partial charge in [-0.2, -0.15) is 13.2 Å². The molecule has 2 nitrogen and oxygen atoms in total. The Hall–Kier alpha value is -1.88. The quantitative estimate of drug-likeness (QED) is 0.812. The number of halogens is 3. The zero-order valence-corrected chi connectivity index (χ0v) is 13.7. The highest BCUT2D eigenvalue weighted by Gasteiger charge is 2.37. The van der Waals surface area contributed by atoms with E-state index in [4.69, 9.17) is 0 Å². The van der Waals surface area contributed by atoms with Crippen LogP contribution in [0.25, 0.3) is 0 Å². The molecule has 24 heavy (non-hydrogen) atoms. The van der Waals surface area contributed by atoms with Gasteiger partial charge in [-0.05, 0) is 37.1 Å². The van der Waals surface area contributed by atoms with Crippen molar-refractivity contribution in [2.24, 2.45) is 0 Å². The van der Waals surface area contributed by atoms with Crippen LogP contribution in [0.4, 0.5) is 13.2 Å². The molecule has 3 rings (SSSR count). The maximum absolute atomic E-state index is 13.0. The molecule has 1 atom stereocenters. The summed E-state index contributed by atoms with van der Waals surface area (Å²) < 4.78 is 38.9. The van der Waals surface area contributed by atoms with Crippen molar-refractivity contribution >= 4 is 0 Å². The summed E-state index contributed by atoms with van der Waals surface area (Å²) in [6.07, 6.45) is -2.58. The first kappa shape index (κ1) is 17.0. The summed E-state index contributed by atoms with van der Waals surface area (Å²) in [5.41, 5.74) is 0.601. The van der Waals surface area contributed by atoms with Gasteiger partial charge in [0.05, 0.1) is 0 Å². The zero-order chi connectivity index (χ0) is 17.2. The number of pyridine rings is 1. The number of aromatic nitrogens is 1. The first-order chi connectivity index (χ1) is 11.4. The van der Waals surface area contributed by atoms with E-state index >= 15 is 0 Å². The minimum absolute atomic E-state index is 0.353. The van der Waals surface area contributed by atoms with Crippen molar-refractivity contribution in [1.29, 1.82) is 0 Å². The third kappa shape index (κ3) is 3.78. The maximum atomic E-state index is 13.0. The van der Waals surface area contributed by atoms with E-state index in [2.05, 4.69) is 22.0 Å². The molecule has 0 spiro atoms. The average Bonchev–Trinajstić information content (AvgIpc) is 2.55. The number of nitrogens with zero attached hydrogens (tertiary/aromatic N) is 2. The van der Waals surface area contributed by atoms with Crippen LogP contribution in [0.3, 0.4) is 0 Å². The predicted molar refractivity (Wildman–Crippen MR) is 87.5 cm³/mol. The molecule has 0 saturated carbocycles. The van der Waals surface area contributed by atoms with Crippen LogP contribution in [0.5, 0.6) is 0 Å². The Morgan fingerprint density at radius 2 is 1.83 bits per heavy atom. The van der Waals surface area contributed by atoms with Crippen molar-refractivity contribution in [3.05, 3.63) is 65.5 Å². The Bertz CT molecular complexity index is 685. The summed E-state index contributed by atoms with van der Waals surface area (Å²) >= 11 is 0. The lowest BCUT2D eigenvalue weighted by Gasteiger charge is -2.40.